The normalized spacial score (nSPS) is 12.2. The van der Waals surface area contributed by atoms with Crippen LogP contribution in [0.3, 0.4) is 0 Å². The number of carboxylic acid groups (broad SMARTS) is 1. The van der Waals surface area contributed by atoms with E-state index < -0.39 is 5.97 Å². The summed E-state index contributed by atoms with van der Waals surface area (Å²) in [7, 11) is 0. The summed E-state index contributed by atoms with van der Waals surface area (Å²) in [5.41, 5.74) is 0. The summed E-state index contributed by atoms with van der Waals surface area (Å²) in [5.74, 6) is -0.0408. The maximum Gasteiger partial charge on any atom is 0.314 e. The van der Waals surface area contributed by atoms with Crippen molar-refractivity contribution in [2.24, 2.45) is 11.8 Å². The number of aliphatic carboxylic acids is 1. The van der Waals surface area contributed by atoms with Crippen molar-refractivity contribution in [3.05, 3.63) is 0 Å². The van der Waals surface area contributed by atoms with Crippen molar-refractivity contribution in [2.75, 3.05) is 13.1 Å². The second kappa shape index (κ2) is 12.5. The van der Waals surface area contributed by atoms with Gasteiger partial charge in [0.25, 0.3) is 0 Å². The minimum atomic E-state index is -0.814. The summed E-state index contributed by atoms with van der Waals surface area (Å²) in [6.45, 7) is 7.51. The average molecular weight is 300 g/mol. The molecule has 0 aliphatic heterocycles. The highest BCUT2D eigenvalue weighted by Gasteiger charge is 2.12. The van der Waals surface area contributed by atoms with Crippen LogP contribution in [0.1, 0.15) is 65.7 Å². The molecule has 0 aromatic carbocycles. The molecule has 21 heavy (non-hydrogen) atoms. The highest BCUT2D eigenvalue weighted by atomic mass is 16.4. The summed E-state index contributed by atoms with van der Waals surface area (Å²) in [6.07, 6.45) is 6.75. The molecule has 0 aliphatic rings. The maximum atomic E-state index is 11.6. The summed E-state index contributed by atoms with van der Waals surface area (Å²) < 4.78 is 0. The molecule has 0 aliphatic carbocycles. The van der Waals surface area contributed by atoms with Crippen molar-refractivity contribution in [3.8, 4) is 0 Å². The van der Waals surface area contributed by atoms with Crippen molar-refractivity contribution < 1.29 is 14.7 Å². The lowest BCUT2D eigenvalue weighted by molar-refractivity contribution is -0.138. The first-order valence-electron chi connectivity index (χ1n) is 8.19. The zero-order chi connectivity index (χ0) is 16.1. The van der Waals surface area contributed by atoms with Crippen LogP contribution in [0.5, 0.6) is 0 Å². The monoisotopic (exact) mass is 300 g/mol. The molecule has 5 nitrogen and oxygen atoms in total. The lowest BCUT2D eigenvalue weighted by Crippen LogP contribution is -2.39. The van der Waals surface area contributed by atoms with Crippen molar-refractivity contribution in [2.45, 2.75) is 65.7 Å². The van der Waals surface area contributed by atoms with E-state index in [4.69, 9.17) is 5.11 Å². The highest BCUT2D eigenvalue weighted by molar-refractivity contribution is 5.74. The van der Waals surface area contributed by atoms with Crippen molar-refractivity contribution in [1.29, 1.82) is 0 Å². The molecule has 2 amide bonds. The van der Waals surface area contributed by atoms with Crippen molar-refractivity contribution in [1.82, 2.24) is 10.6 Å². The quantitative estimate of drug-likeness (QED) is 0.483. The van der Waals surface area contributed by atoms with Gasteiger partial charge in [-0.05, 0) is 18.3 Å². The fourth-order valence-corrected chi connectivity index (χ4v) is 2.14. The number of nitrogens with one attached hydrogen (secondary N) is 2. The number of urea groups is 1. The van der Waals surface area contributed by atoms with Crippen molar-refractivity contribution in [3.63, 3.8) is 0 Å². The predicted molar refractivity (Wildman–Crippen MR) is 85.4 cm³/mol. The SMILES string of the molecule is CCC(CNC(=O)NCCCCCCC(C)C)CC(=O)O. The number of carbonyl (C=O) groups is 2. The molecule has 0 saturated heterocycles. The molecule has 0 spiro atoms. The van der Waals surface area contributed by atoms with E-state index >= 15 is 0 Å². The number of amides is 2. The largest absolute Gasteiger partial charge is 0.481 e. The second-order valence-electron chi connectivity index (χ2n) is 6.11. The van der Waals surface area contributed by atoms with Gasteiger partial charge >= 0.3 is 12.0 Å². The van der Waals surface area contributed by atoms with E-state index in [0.29, 0.717) is 13.1 Å². The van der Waals surface area contributed by atoms with Gasteiger partial charge in [-0.3, -0.25) is 4.79 Å². The topological polar surface area (TPSA) is 78.4 Å². The van der Waals surface area contributed by atoms with Gasteiger partial charge in [-0.15, -0.1) is 0 Å². The van der Waals surface area contributed by atoms with Gasteiger partial charge in [0.05, 0.1) is 0 Å². The van der Waals surface area contributed by atoms with Crippen LogP contribution in [0, 0.1) is 11.8 Å². The molecule has 1 atom stereocenters. The molecular formula is C16H32N2O3. The minimum Gasteiger partial charge on any atom is -0.481 e. The Morgan fingerprint density at radius 2 is 1.71 bits per heavy atom. The Bertz CT molecular complexity index is 293. The Morgan fingerprint density at radius 1 is 1.05 bits per heavy atom. The molecular weight excluding hydrogens is 268 g/mol. The van der Waals surface area contributed by atoms with Crippen LogP contribution in [0.4, 0.5) is 4.79 Å². The smallest absolute Gasteiger partial charge is 0.314 e. The minimum absolute atomic E-state index is 0.00397. The fourth-order valence-electron chi connectivity index (χ4n) is 2.14. The van der Waals surface area contributed by atoms with E-state index in [1.165, 1.54) is 19.3 Å². The Hall–Kier alpha value is -1.26. The average Bonchev–Trinajstić information content (AvgIpc) is 2.41. The number of carbonyl (C=O) groups excluding carboxylic acids is 1. The number of hydrogen-bond donors (Lipinski definition) is 3. The van der Waals surface area contributed by atoms with Crippen molar-refractivity contribution >= 4 is 12.0 Å². The van der Waals surface area contributed by atoms with E-state index in [0.717, 1.165) is 25.2 Å². The van der Waals surface area contributed by atoms with Crippen LogP contribution < -0.4 is 10.6 Å². The molecule has 0 aromatic heterocycles. The van der Waals surface area contributed by atoms with Crippen LogP contribution in [0.2, 0.25) is 0 Å². The Morgan fingerprint density at radius 3 is 2.29 bits per heavy atom. The van der Waals surface area contributed by atoms with Gasteiger partial charge in [0.2, 0.25) is 0 Å². The molecule has 0 fully saturated rings. The summed E-state index contributed by atoms with van der Waals surface area (Å²) in [5, 5.41) is 14.3. The number of carboxylic acids is 1. The van der Waals surface area contributed by atoms with Crippen LogP contribution in [0.25, 0.3) is 0 Å². The van der Waals surface area contributed by atoms with Gasteiger partial charge in [0.1, 0.15) is 0 Å². The fraction of sp³-hybridized carbons (Fsp3) is 0.875. The molecule has 0 bridgehead atoms. The van der Waals surface area contributed by atoms with E-state index in [-0.39, 0.29) is 18.4 Å². The number of unbranched alkanes of at least 4 members (excludes halogenated alkanes) is 3. The van der Waals surface area contributed by atoms with Gasteiger partial charge in [0, 0.05) is 19.5 Å². The third kappa shape index (κ3) is 13.5. The van der Waals surface area contributed by atoms with Crippen LogP contribution in [-0.4, -0.2) is 30.2 Å². The molecule has 0 heterocycles. The Balaban J connectivity index is 3.51. The Kier molecular flexibility index (Phi) is 11.7. The number of rotatable bonds is 12. The summed E-state index contributed by atoms with van der Waals surface area (Å²) in [6, 6.07) is -0.194. The lowest BCUT2D eigenvalue weighted by Gasteiger charge is -2.14. The third-order valence-electron chi connectivity index (χ3n) is 3.59. The number of hydrogen-bond acceptors (Lipinski definition) is 2. The molecule has 124 valence electrons. The van der Waals surface area contributed by atoms with Gasteiger partial charge in [-0.2, -0.15) is 0 Å². The zero-order valence-electron chi connectivity index (χ0n) is 13.8. The van der Waals surface area contributed by atoms with Crippen LogP contribution in [0.15, 0.2) is 0 Å². The molecule has 3 N–H and O–H groups in total. The van der Waals surface area contributed by atoms with E-state index in [9.17, 15) is 9.59 Å². The molecule has 0 saturated carbocycles. The zero-order valence-corrected chi connectivity index (χ0v) is 13.8. The van der Waals surface area contributed by atoms with Gasteiger partial charge in [-0.1, -0.05) is 52.9 Å². The first kappa shape index (κ1) is 19.7. The summed E-state index contributed by atoms with van der Waals surface area (Å²) in [4.78, 5) is 22.2. The molecule has 0 radical (unpaired) electrons. The van der Waals surface area contributed by atoms with Gasteiger partial charge in [-0.25, -0.2) is 4.79 Å². The van der Waals surface area contributed by atoms with Crippen LogP contribution >= 0.6 is 0 Å². The second-order valence-corrected chi connectivity index (χ2v) is 6.11. The third-order valence-corrected chi connectivity index (χ3v) is 3.59. The van der Waals surface area contributed by atoms with Gasteiger partial charge in [0.15, 0.2) is 0 Å². The first-order valence-corrected chi connectivity index (χ1v) is 8.19. The first-order chi connectivity index (χ1) is 9.95. The molecule has 0 aromatic rings. The Labute approximate surface area is 128 Å². The molecule has 0 rings (SSSR count). The highest BCUT2D eigenvalue weighted by Crippen LogP contribution is 2.09. The maximum absolute atomic E-state index is 11.6. The van der Waals surface area contributed by atoms with E-state index in [1.54, 1.807) is 0 Å². The van der Waals surface area contributed by atoms with E-state index in [1.807, 2.05) is 6.92 Å². The van der Waals surface area contributed by atoms with Crippen LogP contribution in [-0.2, 0) is 4.79 Å². The molecule has 5 heteroatoms. The predicted octanol–water partition coefficient (Wildman–Crippen LogP) is 3.39. The van der Waals surface area contributed by atoms with E-state index in [2.05, 4.69) is 24.5 Å². The lowest BCUT2D eigenvalue weighted by atomic mass is 10.0. The standard InChI is InChI=1S/C16H32N2O3/c1-4-14(11-15(19)20)12-18-16(21)17-10-8-6-5-7-9-13(2)3/h13-14H,4-12H2,1-3H3,(H,19,20)(H2,17,18,21). The van der Waals surface area contributed by atoms with Gasteiger partial charge < -0.3 is 15.7 Å². The summed E-state index contributed by atoms with van der Waals surface area (Å²) >= 11 is 0. The molecule has 1 unspecified atom stereocenters.